The normalized spacial score (nSPS) is 32.7. The van der Waals surface area contributed by atoms with Crippen molar-refractivity contribution in [3.8, 4) is 0 Å². The predicted octanol–water partition coefficient (Wildman–Crippen LogP) is 11.5. The van der Waals surface area contributed by atoms with Gasteiger partial charge in [0, 0.05) is 0 Å². The van der Waals surface area contributed by atoms with E-state index in [4.69, 9.17) is 0 Å². The van der Waals surface area contributed by atoms with Gasteiger partial charge in [0.05, 0.1) is 0 Å². The first-order valence-electron chi connectivity index (χ1n) is 16.1. The summed E-state index contributed by atoms with van der Waals surface area (Å²) in [6, 6.07) is 0. The van der Waals surface area contributed by atoms with Gasteiger partial charge in [0.2, 0.25) is 0 Å². The maximum atomic E-state index is 3.98. The summed E-state index contributed by atoms with van der Waals surface area (Å²) in [5.74, 6) is 5.92. The zero-order valence-electron chi connectivity index (χ0n) is 23.2. The molecule has 0 aliphatic heterocycles. The molecule has 34 heavy (non-hydrogen) atoms. The first-order chi connectivity index (χ1) is 16.8. The Morgan fingerprint density at radius 3 is 1.62 bits per heavy atom. The van der Waals surface area contributed by atoms with E-state index in [2.05, 4.69) is 31.7 Å². The van der Waals surface area contributed by atoms with Crippen molar-refractivity contribution in [1.82, 2.24) is 0 Å². The van der Waals surface area contributed by atoms with Crippen molar-refractivity contribution >= 4 is 0 Å². The summed E-state index contributed by atoms with van der Waals surface area (Å²) < 4.78 is 0. The Hall–Kier alpha value is -0.520. The lowest BCUT2D eigenvalue weighted by Crippen LogP contribution is -2.25. The van der Waals surface area contributed by atoms with Gasteiger partial charge >= 0.3 is 0 Å². The molecule has 0 amide bonds. The first kappa shape index (κ1) is 28.1. The molecule has 0 aromatic heterocycles. The molecule has 0 atom stereocenters. The molecule has 3 saturated carbocycles. The fraction of sp³-hybridized carbons (Fsp3) is 0.882. The summed E-state index contributed by atoms with van der Waals surface area (Å²) >= 11 is 0. The predicted molar refractivity (Wildman–Crippen MR) is 152 cm³/mol. The van der Waals surface area contributed by atoms with Crippen molar-refractivity contribution in [2.75, 3.05) is 0 Å². The molecular weight excluding hydrogens is 408 g/mol. The molecule has 0 nitrogen and oxygen atoms in total. The SMILES string of the molecule is C=CC1CCC(/C=C/CCC2CCC(C3CCC(CCCCCCCCCC)CC3)CC2)CC1. The van der Waals surface area contributed by atoms with Gasteiger partial charge < -0.3 is 0 Å². The monoisotopic (exact) mass is 468 g/mol. The highest BCUT2D eigenvalue weighted by atomic mass is 14.4. The van der Waals surface area contributed by atoms with E-state index < -0.39 is 0 Å². The molecule has 0 heteroatoms. The highest BCUT2D eigenvalue weighted by Gasteiger charge is 2.30. The van der Waals surface area contributed by atoms with E-state index in [9.17, 15) is 0 Å². The van der Waals surface area contributed by atoms with E-state index in [0.29, 0.717) is 0 Å². The van der Waals surface area contributed by atoms with Gasteiger partial charge in [0.15, 0.2) is 0 Å². The average molecular weight is 469 g/mol. The second-order valence-electron chi connectivity index (χ2n) is 12.7. The third-order valence-electron chi connectivity index (χ3n) is 10.2. The van der Waals surface area contributed by atoms with Gasteiger partial charge in [-0.25, -0.2) is 0 Å². The van der Waals surface area contributed by atoms with Crippen LogP contribution in [0.1, 0.15) is 155 Å². The summed E-state index contributed by atoms with van der Waals surface area (Å²) in [4.78, 5) is 0. The average Bonchev–Trinajstić information content (AvgIpc) is 2.89. The third kappa shape index (κ3) is 10.6. The molecule has 0 unspecified atom stereocenters. The van der Waals surface area contributed by atoms with Gasteiger partial charge in [-0.1, -0.05) is 109 Å². The zero-order chi connectivity index (χ0) is 23.8. The summed E-state index contributed by atoms with van der Waals surface area (Å²) in [7, 11) is 0. The Morgan fingerprint density at radius 2 is 1.06 bits per heavy atom. The van der Waals surface area contributed by atoms with Crippen LogP contribution in [0.3, 0.4) is 0 Å². The Bertz CT molecular complexity index is 520. The van der Waals surface area contributed by atoms with E-state index in [1.165, 1.54) is 109 Å². The lowest BCUT2D eigenvalue weighted by Gasteiger charge is -2.38. The Labute approximate surface area is 214 Å². The number of hydrogen-bond donors (Lipinski definition) is 0. The van der Waals surface area contributed by atoms with Crippen molar-refractivity contribution in [3.05, 3.63) is 24.8 Å². The number of unbranched alkanes of at least 4 members (excludes halogenated alkanes) is 7. The quantitative estimate of drug-likeness (QED) is 0.165. The van der Waals surface area contributed by atoms with Gasteiger partial charge in [-0.15, -0.1) is 6.58 Å². The fourth-order valence-corrected chi connectivity index (χ4v) is 7.66. The van der Waals surface area contributed by atoms with Crippen molar-refractivity contribution in [2.45, 2.75) is 155 Å². The van der Waals surface area contributed by atoms with Crippen LogP contribution in [0.25, 0.3) is 0 Å². The van der Waals surface area contributed by atoms with Crippen LogP contribution in [0.15, 0.2) is 24.8 Å². The lowest BCUT2D eigenvalue weighted by atomic mass is 9.68. The third-order valence-corrected chi connectivity index (χ3v) is 10.2. The highest BCUT2D eigenvalue weighted by molar-refractivity contribution is 4.94. The van der Waals surface area contributed by atoms with E-state index in [1.54, 1.807) is 38.5 Å². The van der Waals surface area contributed by atoms with Crippen LogP contribution in [0, 0.1) is 35.5 Å². The van der Waals surface area contributed by atoms with Gasteiger partial charge in [-0.2, -0.15) is 0 Å². The summed E-state index contributed by atoms with van der Waals surface area (Å²) in [6.07, 6.45) is 41.3. The second-order valence-corrected chi connectivity index (χ2v) is 12.7. The van der Waals surface area contributed by atoms with Crippen molar-refractivity contribution in [2.24, 2.45) is 35.5 Å². The van der Waals surface area contributed by atoms with Crippen molar-refractivity contribution in [1.29, 1.82) is 0 Å². The molecule has 0 bridgehead atoms. The standard InChI is InChI=1S/C34H60/c1-3-5-6-7-8-9-10-11-14-31-21-25-33(26-22-31)34-27-23-32(24-28-34)16-13-12-15-30-19-17-29(4-2)18-20-30/h4,12,15,29-34H,2-3,5-11,13-14,16-28H2,1H3/b15-12+. The Kier molecular flexibility index (Phi) is 14.1. The Balaban J connectivity index is 1.17. The molecule has 3 aliphatic carbocycles. The molecule has 0 aromatic carbocycles. The number of allylic oxidation sites excluding steroid dienone is 3. The maximum Gasteiger partial charge on any atom is -0.0233 e. The number of hydrogen-bond acceptors (Lipinski definition) is 0. The molecule has 0 N–H and O–H groups in total. The van der Waals surface area contributed by atoms with E-state index in [0.717, 1.165) is 35.5 Å². The van der Waals surface area contributed by atoms with E-state index in [-0.39, 0.29) is 0 Å². The molecule has 3 fully saturated rings. The van der Waals surface area contributed by atoms with Crippen molar-refractivity contribution in [3.63, 3.8) is 0 Å². The van der Waals surface area contributed by atoms with E-state index in [1.807, 2.05) is 0 Å². The molecule has 0 heterocycles. The minimum absolute atomic E-state index is 0.796. The largest absolute Gasteiger partial charge is 0.103 e. The van der Waals surface area contributed by atoms with Crippen LogP contribution in [-0.4, -0.2) is 0 Å². The molecule has 3 rings (SSSR count). The first-order valence-corrected chi connectivity index (χ1v) is 16.1. The second kappa shape index (κ2) is 17.0. The summed E-state index contributed by atoms with van der Waals surface area (Å²) in [5, 5.41) is 0. The molecule has 196 valence electrons. The van der Waals surface area contributed by atoms with Gasteiger partial charge in [-0.05, 0) is 99.7 Å². The van der Waals surface area contributed by atoms with Crippen LogP contribution < -0.4 is 0 Å². The lowest BCUT2D eigenvalue weighted by molar-refractivity contribution is 0.140. The minimum atomic E-state index is 0.796. The van der Waals surface area contributed by atoms with Crippen LogP contribution in [-0.2, 0) is 0 Å². The summed E-state index contributed by atoms with van der Waals surface area (Å²) in [5.41, 5.74) is 0. The summed E-state index contributed by atoms with van der Waals surface area (Å²) in [6.45, 7) is 6.30. The minimum Gasteiger partial charge on any atom is -0.103 e. The molecule has 0 spiro atoms. The van der Waals surface area contributed by atoms with Gasteiger partial charge in [0.25, 0.3) is 0 Å². The van der Waals surface area contributed by atoms with Crippen molar-refractivity contribution < 1.29 is 0 Å². The topological polar surface area (TPSA) is 0 Å². The van der Waals surface area contributed by atoms with Crippen LogP contribution >= 0.6 is 0 Å². The highest BCUT2D eigenvalue weighted by Crippen LogP contribution is 2.43. The molecule has 0 radical (unpaired) electrons. The van der Waals surface area contributed by atoms with E-state index >= 15 is 0 Å². The molecule has 0 aromatic rings. The van der Waals surface area contributed by atoms with Crippen LogP contribution in [0.4, 0.5) is 0 Å². The molecule has 0 saturated heterocycles. The Morgan fingerprint density at radius 1 is 0.559 bits per heavy atom. The van der Waals surface area contributed by atoms with Crippen LogP contribution in [0.2, 0.25) is 0 Å². The number of rotatable bonds is 15. The van der Waals surface area contributed by atoms with Gasteiger partial charge in [0.1, 0.15) is 0 Å². The van der Waals surface area contributed by atoms with Gasteiger partial charge in [-0.3, -0.25) is 0 Å². The smallest absolute Gasteiger partial charge is 0.0233 e. The fourth-order valence-electron chi connectivity index (χ4n) is 7.66. The van der Waals surface area contributed by atoms with Crippen LogP contribution in [0.5, 0.6) is 0 Å². The molecular formula is C34H60. The maximum absolute atomic E-state index is 3.98. The molecule has 3 aliphatic rings. The zero-order valence-corrected chi connectivity index (χ0v) is 23.2.